The van der Waals surface area contributed by atoms with Crippen LogP contribution < -0.4 is 5.32 Å². The van der Waals surface area contributed by atoms with Crippen molar-refractivity contribution >= 4 is 0 Å². The summed E-state index contributed by atoms with van der Waals surface area (Å²) in [5, 5.41) is 3.74. The van der Waals surface area contributed by atoms with Gasteiger partial charge in [-0.25, -0.2) is 0 Å². The van der Waals surface area contributed by atoms with Crippen LogP contribution in [-0.2, 0) is 4.74 Å². The molecule has 1 N–H and O–H groups in total. The molecule has 1 aliphatic rings. The van der Waals surface area contributed by atoms with Gasteiger partial charge < -0.3 is 10.1 Å². The van der Waals surface area contributed by atoms with Crippen molar-refractivity contribution < 1.29 is 4.74 Å². The Hall–Kier alpha value is -0.0800. The number of hydrogen-bond acceptors (Lipinski definition) is 2. The number of ether oxygens (including phenoxy) is 1. The molecule has 4 atom stereocenters. The number of rotatable bonds is 8. The first kappa shape index (κ1) is 15.0. The van der Waals surface area contributed by atoms with Crippen molar-refractivity contribution in [2.45, 2.75) is 71.9 Å². The SMILES string of the molecule is CCCNC(CC(C)CCC)C1COC(C)C1. The molecule has 1 fully saturated rings. The van der Waals surface area contributed by atoms with Crippen LogP contribution in [0.4, 0.5) is 0 Å². The standard InChI is InChI=1S/C15H31NO/c1-5-7-12(3)9-15(16-8-6-2)14-10-13(4)17-11-14/h12-16H,5-11H2,1-4H3. The van der Waals surface area contributed by atoms with Crippen LogP contribution in [0.3, 0.4) is 0 Å². The monoisotopic (exact) mass is 241 g/mol. The third-order valence-corrected chi connectivity index (χ3v) is 3.89. The molecular weight excluding hydrogens is 210 g/mol. The molecular formula is C15H31NO. The van der Waals surface area contributed by atoms with Crippen molar-refractivity contribution in [2.24, 2.45) is 11.8 Å². The molecule has 0 aromatic carbocycles. The molecule has 0 radical (unpaired) electrons. The lowest BCUT2D eigenvalue weighted by molar-refractivity contribution is 0.115. The van der Waals surface area contributed by atoms with Crippen molar-refractivity contribution in [2.75, 3.05) is 13.2 Å². The van der Waals surface area contributed by atoms with Crippen LogP contribution in [0.2, 0.25) is 0 Å². The van der Waals surface area contributed by atoms with Crippen LogP contribution in [0.1, 0.15) is 59.8 Å². The topological polar surface area (TPSA) is 21.3 Å². The largest absolute Gasteiger partial charge is 0.378 e. The second kappa shape index (κ2) is 8.10. The molecule has 0 aliphatic carbocycles. The van der Waals surface area contributed by atoms with E-state index >= 15 is 0 Å². The van der Waals surface area contributed by atoms with Crippen LogP contribution in [-0.4, -0.2) is 25.3 Å². The minimum atomic E-state index is 0.465. The second-order valence-corrected chi connectivity index (χ2v) is 5.83. The van der Waals surface area contributed by atoms with Crippen LogP contribution in [0.25, 0.3) is 0 Å². The summed E-state index contributed by atoms with van der Waals surface area (Å²) in [6.45, 7) is 11.2. The van der Waals surface area contributed by atoms with Crippen molar-refractivity contribution in [3.8, 4) is 0 Å². The first-order chi connectivity index (χ1) is 8.17. The van der Waals surface area contributed by atoms with Gasteiger partial charge >= 0.3 is 0 Å². The highest BCUT2D eigenvalue weighted by Gasteiger charge is 2.29. The maximum Gasteiger partial charge on any atom is 0.0551 e. The van der Waals surface area contributed by atoms with Gasteiger partial charge in [-0.1, -0.05) is 33.6 Å². The molecule has 17 heavy (non-hydrogen) atoms. The van der Waals surface area contributed by atoms with Crippen molar-refractivity contribution in [3.63, 3.8) is 0 Å². The van der Waals surface area contributed by atoms with Crippen molar-refractivity contribution in [1.29, 1.82) is 0 Å². The average Bonchev–Trinajstić information content (AvgIpc) is 2.71. The predicted molar refractivity (Wildman–Crippen MR) is 74.3 cm³/mol. The Bertz CT molecular complexity index is 195. The third kappa shape index (κ3) is 5.39. The van der Waals surface area contributed by atoms with Gasteiger partial charge in [-0.2, -0.15) is 0 Å². The fraction of sp³-hybridized carbons (Fsp3) is 1.00. The lowest BCUT2D eigenvalue weighted by atomic mass is 9.88. The zero-order valence-electron chi connectivity index (χ0n) is 12.2. The Labute approximate surface area is 108 Å². The molecule has 1 heterocycles. The van der Waals surface area contributed by atoms with Crippen LogP contribution >= 0.6 is 0 Å². The summed E-state index contributed by atoms with van der Waals surface area (Å²) in [7, 11) is 0. The van der Waals surface area contributed by atoms with Gasteiger partial charge in [0.2, 0.25) is 0 Å². The molecule has 0 saturated carbocycles. The fourth-order valence-corrected chi connectivity index (χ4v) is 2.95. The van der Waals surface area contributed by atoms with Gasteiger partial charge in [0.25, 0.3) is 0 Å². The lowest BCUT2D eigenvalue weighted by Gasteiger charge is -2.26. The first-order valence-corrected chi connectivity index (χ1v) is 7.52. The van der Waals surface area contributed by atoms with E-state index in [0.717, 1.165) is 25.0 Å². The summed E-state index contributed by atoms with van der Waals surface area (Å²) in [4.78, 5) is 0. The van der Waals surface area contributed by atoms with E-state index in [2.05, 4.69) is 33.0 Å². The van der Waals surface area contributed by atoms with Gasteiger partial charge in [-0.05, 0) is 38.6 Å². The highest BCUT2D eigenvalue weighted by atomic mass is 16.5. The van der Waals surface area contributed by atoms with E-state index in [4.69, 9.17) is 4.74 Å². The molecule has 0 amide bonds. The molecule has 102 valence electrons. The van der Waals surface area contributed by atoms with E-state index in [1.807, 2.05) is 0 Å². The summed E-state index contributed by atoms with van der Waals surface area (Å²) in [6, 6.07) is 0.668. The minimum absolute atomic E-state index is 0.465. The predicted octanol–water partition coefficient (Wildman–Crippen LogP) is 3.61. The molecule has 2 nitrogen and oxygen atoms in total. The molecule has 1 aliphatic heterocycles. The molecule has 1 saturated heterocycles. The zero-order valence-corrected chi connectivity index (χ0v) is 12.2. The Morgan fingerprint density at radius 1 is 1.29 bits per heavy atom. The van der Waals surface area contributed by atoms with Crippen LogP contribution in [0, 0.1) is 11.8 Å². The van der Waals surface area contributed by atoms with E-state index in [-0.39, 0.29) is 0 Å². The van der Waals surface area contributed by atoms with Gasteiger partial charge in [0.1, 0.15) is 0 Å². The van der Waals surface area contributed by atoms with Gasteiger partial charge in [0.05, 0.1) is 12.7 Å². The van der Waals surface area contributed by atoms with Crippen LogP contribution in [0.5, 0.6) is 0 Å². The Kier molecular flexibility index (Phi) is 7.14. The van der Waals surface area contributed by atoms with E-state index in [1.54, 1.807) is 0 Å². The van der Waals surface area contributed by atoms with E-state index in [1.165, 1.54) is 32.1 Å². The van der Waals surface area contributed by atoms with Gasteiger partial charge in [0, 0.05) is 12.0 Å². The molecule has 2 heteroatoms. The summed E-state index contributed by atoms with van der Waals surface area (Å²) >= 11 is 0. The van der Waals surface area contributed by atoms with E-state index < -0.39 is 0 Å². The molecule has 0 bridgehead atoms. The molecule has 0 aromatic rings. The Morgan fingerprint density at radius 2 is 2.06 bits per heavy atom. The van der Waals surface area contributed by atoms with E-state index in [0.29, 0.717) is 12.1 Å². The number of hydrogen-bond donors (Lipinski definition) is 1. The second-order valence-electron chi connectivity index (χ2n) is 5.83. The fourth-order valence-electron chi connectivity index (χ4n) is 2.95. The Balaban J connectivity index is 2.41. The summed E-state index contributed by atoms with van der Waals surface area (Å²) in [6.07, 6.45) is 6.90. The maximum absolute atomic E-state index is 5.73. The van der Waals surface area contributed by atoms with Crippen molar-refractivity contribution in [3.05, 3.63) is 0 Å². The summed E-state index contributed by atoms with van der Waals surface area (Å²) in [5.41, 5.74) is 0. The molecule has 1 rings (SSSR count). The number of nitrogens with one attached hydrogen (secondary N) is 1. The molecule has 0 aromatic heterocycles. The first-order valence-electron chi connectivity index (χ1n) is 7.52. The lowest BCUT2D eigenvalue weighted by Crippen LogP contribution is -2.38. The highest BCUT2D eigenvalue weighted by molar-refractivity contribution is 4.83. The smallest absolute Gasteiger partial charge is 0.0551 e. The third-order valence-electron chi connectivity index (χ3n) is 3.89. The van der Waals surface area contributed by atoms with Gasteiger partial charge in [-0.15, -0.1) is 0 Å². The summed E-state index contributed by atoms with van der Waals surface area (Å²) < 4.78 is 5.73. The van der Waals surface area contributed by atoms with Crippen LogP contribution in [0.15, 0.2) is 0 Å². The van der Waals surface area contributed by atoms with Gasteiger partial charge in [-0.3, -0.25) is 0 Å². The minimum Gasteiger partial charge on any atom is -0.378 e. The highest BCUT2D eigenvalue weighted by Crippen LogP contribution is 2.27. The quantitative estimate of drug-likeness (QED) is 0.701. The maximum atomic E-state index is 5.73. The Morgan fingerprint density at radius 3 is 2.59 bits per heavy atom. The average molecular weight is 241 g/mol. The normalized spacial score (nSPS) is 28.2. The van der Waals surface area contributed by atoms with E-state index in [9.17, 15) is 0 Å². The summed E-state index contributed by atoms with van der Waals surface area (Å²) in [5.74, 6) is 1.57. The van der Waals surface area contributed by atoms with Gasteiger partial charge in [0.15, 0.2) is 0 Å². The molecule has 0 spiro atoms. The molecule has 4 unspecified atom stereocenters. The zero-order chi connectivity index (χ0) is 12.7. The van der Waals surface area contributed by atoms with Crippen molar-refractivity contribution in [1.82, 2.24) is 5.32 Å².